The summed E-state index contributed by atoms with van der Waals surface area (Å²) in [5, 5.41) is 0.890. The van der Waals surface area contributed by atoms with E-state index in [-0.39, 0.29) is 11.8 Å². The molecular formula is C24H24N2O3. The summed E-state index contributed by atoms with van der Waals surface area (Å²) in [6.45, 7) is 1.34. The second-order valence-corrected chi connectivity index (χ2v) is 7.56. The first-order valence-corrected chi connectivity index (χ1v) is 9.77. The van der Waals surface area contributed by atoms with E-state index in [1.807, 2.05) is 53.4 Å². The van der Waals surface area contributed by atoms with E-state index >= 15 is 0 Å². The van der Waals surface area contributed by atoms with Gasteiger partial charge in [0.05, 0.1) is 6.42 Å². The van der Waals surface area contributed by atoms with Gasteiger partial charge in [-0.2, -0.15) is 0 Å². The van der Waals surface area contributed by atoms with Gasteiger partial charge in [-0.15, -0.1) is 0 Å². The molecule has 0 radical (unpaired) electrons. The van der Waals surface area contributed by atoms with E-state index in [9.17, 15) is 9.59 Å². The van der Waals surface area contributed by atoms with Crippen LogP contribution in [0.1, 0.15) is 28.1 Å². The van der Waals surface area contributed by atoms with Crippen molar-refractivity contribution in [2.24, 2.45) is 0 Å². The van der Waals surface area contributed by atoms with Gasteiger partial charge in [-0.1, -0.05) is 42.5 Å². The third kappa shape index (κ3) is 4.09. The standard InChI is InChI=1S/C24H24N2O3/c1-25(2)24(28)22-15-20-14-18(10-11-21(20)29-22)19-9-6-12-26(16-19)23(27)13-17-7-4-3-5-8-17/h3-5,7-11,14-15H,6,12-13,16H2,1-2H3. The number of carbonyl (C=O) groups is 2. The lowest BCUT2D eigenvalue weighted by molar-refractivity contribution is -0.129. The van der Waals surface area contributed by atoms with Gasteiger partial charge < -0.3 is 14.2 Å². The van der Waals surface area contributed by atoms with E-state index in [1.54, 1.807) is 20.2 Å². The maximum Gasteiger partial charge on any atom is 0.289 e. The third-order valence-corrected chi connectivity index (χ3v) is 5.21. The Hall–Kier alpha value is -3.34. The number of fused-ring (bicyclic) bond motifs is 1. The fourth-order valence-corrected chi connectivity index (χ4v) is 3.62. The average molecular weight is 388 g/mol. The van der Waals surface area contributed by atoms with Crippen molar-refractivity contribution in [1.29, 1.82) is 0 Å². The molecule has 0 bridgehead atoms. The Balaban J connectivity index is 1.52. The Labute approximate surface area is 170 Å². The van der Waals surface area contributed by atoms with Gasteiger partial charge in [0.2, 0.25) is 5.91 Å². The van der Waals surface area contributed by atoms with Crippen molar-refractivity contribution in [3.63, 3.8) is 0 Å². The molecule has 0 N–H and O–H groups in total. The number of carbonyl (C=O) groups excluding carboxylic acids is 2. The van der Waals surface area contributed by atoms with Crippen molar-refractivity contribution in [1.82, 2.24) is 9.80 Å². The van der Waals surface area contributed by atoms with Gasteiger partial charge >= 0.3 is 0 Å². The first kappa shape index (κ1) is 19.0. The first-order chi connectivity index (χ1) is 14.0. The van der Waals surface area contributed by atoms with Gasteiger partial charge in [0.1, 0.15) is 5.58 Å². The van der Waals surface area contributed by atoms with Crippen LogP contribution in [-0.2, 0) is 11.2 Å². The first-order valence-electron chi connectivity index (χ1n) is 9.77. The minimum atomic E-state index is -0.155. The lowest BCUT2D eigenvalue weighted by Crippen LogP contribution is -2.36. The number of benzene rings is 2. The zero-order valence-electron chi connectivity index (χ0n) is 16.7. The number of rotatable bonds is 4. The Morgan fingerprint density at radius 2 is 1.86 bits per heavy atom. The Morgan fingerprint density at radius 1 is 1.07 bits per heavy atom. The van der Waals surface area contributed by atoms with Crippen molar-refractivity contribution in [3.8, 4) is 0 Å². The molecule has 1 aliphatic heterocycles. The summed E-state index contributed by atoms with van der Waals surface area (Å²) in [6.07, 6.45) is 3.45. The summed E-state index contributed by atoms with van der Waals surface area (Å²) < 4.78 is 5.68. The monoisotopic (exact) mass is 388 g/mol. The smallest absolute Gasteiger partial charge is 0.289 e. The molecule has 5 nitrogen and oxygen atoms in total. The fraction of sp³-hybridized carbons (Fsp3) is 0.250. The van der Waals surface area contributed by atoms with Crippen LogP contribution in [0.15, 0.2) is 65.1 Å². The molecule has 0 aliphatic carbocycles. The summed E-state index contributed by atoms with van der Waals surface area (Å²) >= 11 is 0. The molecule has 4 rings (SSSR count). The zero-order chi connectivity index (χ0) is 20.4. The highest BCUT2D eigenvalue weighted by Gasteiger charge is 2.20. The van der Waals surface area contributed by atoms with Crippen LogP contribution in [0.25, 0.3) is 16.5 Å². The number of nitrogens with zero attached hydrogens (tertiary/aromatic N) is 2. The lowest BCUT2D eigenvalue weighted by Gasteiger charge is -2.28. The van der Waals surface area contributed by atoms with E-state index in [1.165, 1.54) is 4.90 Å². The van der Waals surface area contributed by atoms with E-state index in [2.05, 4.69) is 6.08 Å². The largest absolute Gasteiger partial charge is 0.451 e. The number of hydrogen-bond donors (Lipinski definition) is 0. The average Bonchev–Trinajstić information content (AvgIpc) is 3.17. The van der Waals surface area contributed by atoms with Crippen molar-refractivity contribution in [2.75, 3.05) is 27.2 Å². The molecule has 148 valence electrons. The second-order valence-electron chi connectivity index (χ2n) is 7.56. The highest BCUT2D eigenvalue weighted by molar-refractivity contribution is 5.96. The van der Waals surface area contributed by atoms with Crippen molar-refractivity contribution < 1.29 is 14.0 Å². The van der Waals surface area contributed by atoms with Gasteiger partial charge in [0, 0.05) is 32.6 Å². The van der Waals surface area contributed by atoms with E-state index < -0.39 is 0 Å². The highest BCUT2D eigenvalue weighted by atomic mass is 16.3. The molecule has 0 fully saturated rings. The normalized spacial score (nSPS) is 14.0. The molecule has 0 saturated heterocycles. The van der Waals surface area contributed by atoms with E-state index in [4.69, 9.17) is 4.42 Å². The molecule has 0 spiro atoms. The van der Waals surface area contributed by atoms with Gasteiger partial charge in [-0.05, 0) is 41.3 Å². The predicted octanol–water partition coefficient (Wildman–Crippen LogP) is 3.99. The van der Waals surface area contributed by atoms with Crippen LogP contribution in [0.2, 0.25) is 0 Å². The van der Waals surface area contributed by atoms with Gasteiger partial charge in [-0.3, -0.25) is 9.59 Å². The summed E-state index contributed by atoms with van der Waals surface area (Å²) in [6, 6.07) is 17.5. The van der Waals surface area contributed by atoms with Gasteiger partial charge in [0.15, 0.2) is 5.76 Å². The molecule has 5 heteroatoms. The van der Waals surface area contributed by atoms with Crippen LogP contribution < -0.4 is 0 Å². The minimum Gasteiger partial charge on any atom is -0.451 e. The predicted molar refractivity (Wildman–Crippen MR) is 114 cm³/mol. The summed E-state index contributed by atoms with van der Waals surface area (Å²) in [7, 11) is 3.41. The molecule has 0 atom stereocenters. The quantitative estimate of drug-likeness (QED) is 0.679. The number of furan rings is 1. The molecule has 29 heavy (non-hydrogen) atoms. The Kier molecular flexibility index (Phi) is 5.21. The molecule has 2 heterocycles. The van der Waals surface area contributed by atoms with Crippen LogP contribution >= 0.6 is 0 Å². The second kappa shape index (κ2) is 7.95. The van der Waals surface area contributed by atoms with Crippen LogP contribution in [-0.4, -0.2) is 48.8 Å². The molecular weight excluding hydrogens is 364 g/mol. The summed E-state index contributed by atoms with van der Waals surface area (Å²) in [5.74, 6) is 0.321. The molecule has 2 aromatic carbocycles. The molecule has 3 aromatic rings. The topological polar surface area (TPSA) is 53.8 Å². The molecule has 2 amide bonds. The Morgan fingerprint density at radius 3 is 2.62 bits per heavy atom. The van der Waals surface area contributed by atoms with Crippen molar-refractivity contribution in [3.05, 3.63) is 77.6 Å². The number of amides is 2. The molecule has 1 aromatic heterocycles. The molecule has 0 unspecified atom stereocenters. The third-order valence-electron chi connectivity index (χ3n) is 5.21. The lowest BCUT2D eigenvalue weighted by atomic mass is 9.99. The zero-order valence-corrected chi connectivity index (χ0v) is 16.7. The Bertz CT molecular complexity index is 1080. The van der Waals surface area contributed by atoms with Crippen LogP contribution in [0.5, 0.6) is 0 Å². The van der Waals surface area contributed by atoms with E-state index in [0.717, 1.165) is 35.1 Å². The number of hydrogen-bond acceptors (Lipinski definition) is 3. The highest BCUT2D eigenvalue weighted by Crippen LogP contribution is 2.27. The van der Waals surface area contributed by atoms with Crippen LogP contribution in [0, 0.1) is 0 Å². The van der Waals surface area contributed by atoms with Gasteiger partial charge in [-0.25, -0.2) is 0 Å². The van der Waals surface area contributed by atoms with Crippen LogP contribution in [0.3, 0.4) is 0 Å². The summed E-state index contributed by atoms with van der Waals surface area (Å²) in [5.41, 5.74) is 3.90. The SMILES string of the molecule is CN(C)C(=O)c1cc2cc(C3=CCCN(C(=O)Cc4ccccc4)C3)ccc2o1. The maximum atomic E-state index is 12.7. The van der Waals surface area contributed by atoms with E-state index in [0.29, 0.717) is 24.3 Å². The maximum absolute atomic E-state index is 12.7. The van der Waals surface area contributed by atoms with Crippen molar-refractivity contribution >= 4 is 28.4 Å². The molecule has 0 saturated carbocycles. The summed E-state index contributed by atoms with van der Waals surface area (Å²) in [4.78, 5) is 28.3. The van der Waals surface area contributed by atoms with Crippen LogP contribution in [0.4, 0.5) is 0 Å². The minimum absolute atomic E-state index is 0.144. The van der Waals surface area contributed by atoms with Gasteiger partial charge in [0.25, 0.3) is 5.91 Å². The molecule has 1 aliphatic rings. The fourth-order valence-electron chi connectivity index (χ4n) is 3.62. The van der Waals surface area contributed by atoms with Crippen molar-refractivity contribution in [2.45, 2.75) is 12.8 Å².